The van der Waals surface area contributed by atoms with E-state index in [-0.39, 0.29) is 12.0 Å². The summed E-state index contributed by atoms with van der Waals surface area (Å²) in [6.45, 7) is 5.37. The van der Waals surface area contributed by atoms with E-state index in [0.29, 0.717) is 6.54 Å². The number of hydrogen-bond acceptors (Lipinski definition) is 4. The van der Waals surface area contributed by atoms with Crippen molar-refractivity contribution in [3.8, 4) is 0 Å². The highest BCUT2D eigenvalue weighted by Gasteiger charge is 2.22. The summed E-state index contributed by atoms with van der Waals surface area (Å²) in [5.74, 6) is 0.0419. The van der Waals surface area contributed by atoms with Gasteiger partial charge in [0.1, 0.15) is 0 Å². The average molecular weight is 330 g/mol. The van der Waals surface area contributed by atoms with Gasteiger partial charge in [-0.25, -0.2) is 0 Å². The fraction of sp³-hybridized carbons (Fsp3) is 0.444. The van der Waals surface area contributed by atoms with Gasteiger partial charge in [-0.05, 0) is 56.5 Å². The van der Waals surface area contributed by atoms with Crippen LogP contribution in [0.25, 0.3) is 0 Å². The number of thiophene rings is 1. The van der Waals surface area contributed by atoms with Crippen LogP contribution in [0.5, 0.6) is 0 Å². The van der Waals surface area contributed by atoms with Gasteiger partial charge in [0, 0.05) is 24.2 Å². The third-order valence-corrected chi connectivity index (χ3v) is 5.15. The molecule has 0 unspecified atom stereocenters. The number of aromatic nitrogens is 1. The predicted octanol–water partition coefficient (Wildman–Crippen LogP) is 3.88. The van der Waals surface area contributed by atoms with Gasteiger partial charge in [-0.2, -0.15) is 0 Å². The Kier molecular flexibility index (Phi) is 4.78. The maximum absolute atomic E-state index is 12.6. The Hall–Kier alpha value is -1.72. The second-order valence-electron chi connectivity index (χ2n) is 6.14. The van der Waals surface area contributed by atoms with Gasteiger partial charge in [0.05, 0.1) is 23.2 Å². The summed E-state index contributed by atoms with van der Waals surface area (Å²) in [7, 11) is 1.83. The van der Waals surface area contributed by atoms with Crippen LogP contribution in [0.3, 0.4) is 0 Å². The van der Waals surface area contributed by atoms with Gasteiger partial charge in [-0.15, -0.1) is 11.3 Å². The van der Waals surface area contributed by atoms with Gasteiger partial charge in [-0.3, -0.25) is 9.78 Å². The third-order valence-electron chi connectivity index (χ3n) is 3.98. The van der Waals surface area contributed by atoms with Crippen molar-refractivity contribution >= 4 is 17.2 Å². The molecule has 1 fully saturated rings. The first-order valence-electron chi connectivity index (χ1n) is 7.94. The summed E-state index contributed by atoms with van der Waals surface area (Å²) < 4.78 is 5.69. The Labute approximate surface area is 141 Å². The Morgan fingerprint density at radius 3 is 2.91 bits per heavy atom. The largest absolute Gasteiger partial charge is 0.373 e. The SMILES string of the molecule is Cc1cc(C)nc(CN(C)C(=O)c2ccc([C@@H]3CCCO3)s2)c1. The average Bonchev–Trinajstić information content (AvgIpc) is 3.16. The molecular formula is C18H22N2O2S. The number of hydrogen-bond donors (Lipinski definition) is 0. The molecule has 122 valence electrons. The van der Waals surface area contributed by atoms with Gasteiger partial charge in [0.15, 0.2) is 0 Å². The monoisotopic (exact) mass is 330 g/mol. The van der Waals surface area contributed by atoms with Crippen molar-refractivity contribution in [2.75, 3.05) is 13.7 Å². The molecule has 1 atom stereocenters. The summed E-state index contributed by atoms with van der Waals surface area (Å²) in [6, 6.07) is 8.01. The lowest BCUT2D eigenvalue weighted by Gasteiger charge is -2.16. The van der Waals surface area contributed by atoms with E-state index in [2.05, 4.69) is 4.98 Å². The molecule has 1 amide bonds. The molecule has 0 spiro atoms. The second-order valence-corrected chi connectivity index (χ2v) is 7.26. The Morgan fingerprint density at radius 1 is 1.39 bits per heavy atom. The first-order chi connectivity index (χ1) is 11.0. The molecule has 1 saturated heterocycles. The molecule has 2 aromatic heterocycles. The van der Waals surface area contributed by atoms with E-state index < -0.39 is 0 Å². The lowest BCUT2D eigenvalue weighted by molar-refractivity contribution is 0.0788. The van der Waals surface area contributed by atoms with Crippen LogP contribution in [0, 0.1) is 13.8 Å². The van der Waals surface area contributed by atoms with Crippen molar-refractivity contribution in [1.82, 2.24) is 9.88 Å². The van der Waals surface area contributed by atoms with Gasteiger partial charge >= 0.3 is 0 Å². The lowest BCUT2D eigenvalue weighted by Crippen LogP contribution is -2.26. The summed E-state index contributed by atoms with van der Waals surface area (Å²) in [6.07, 6.45) is 2.33. The van der Waals surface area contributed by atoms with Crippen LogP contribution < -0.4 is 0 Å². The number of carbonyl (C=O) groups excluding carboxylic acids is 1. The van der Waals surface area contributed by atoms with Gasteiger partial charge in [0.2, 0.25) is 0 Å². The van der Waals surface area contributed by atoms with Crippen LogP contribution in [-0.4, -0.2) is 29.4 Å². The molecule has 0 N–H and O–H groups in total. The first kappa shape index (κ1) is 16.1. The maximum atomic E-state index is 12.6. The van der Waals surface area contributed by atoms with E-state index in [0.717, 1.165) is 40.6 Å². The number of carbonyl (C=O) groups is 1. The van der Waals surface area contributed by atoms with E-state index in [1.165, 1.54) is 5.56 Å². The Bertz CT molecular complexity index is 685. The van der Waals surface area contributed by atoms with Crippen LogP contribution in [0.15, 0.2) is 24.3 Å². The molecule has 1 aliphatic heterocycles. The van der Waals surface area contributed by atoms with Crippen LogP contribution in [0.4, 0.5) is 0 Å². The second kappa shape index (κ2) is 6.81. The number of pyridine rings is 1. The van der Waals surface area contributed by atoms with E-state index in [1.54, 1.807) is 16.2 Å². The number of amides is 1. The van der Waals surface area contributed by atoms with Crippen molar-refractivity contribution in [2.45, 2.75) is 39.3 Å². The van der Waals surface area contributed by atoms with Crippen LogP contribution >= 0.6 is 11.3 Å². The van der Waals surface area contributed by atoms with Crippen molar-refractivity contribution in [3.05, 3.63) is 51.0 Å². The van der Waals surface area contributed by atoms with Gasteiger partial charge in [0.25, 0.3) is 5.91 Å². The molecule has 0 saturated carbocycles. The molecule has 1 aliphatic rings. The topological polar surface area (TPSA) is 42.4 Å². The van der Waals surface area contributed by atoms with Crippen LogP contribution in [0.2, 0.25) is 0 Å². The maximum Gasteiger partial charge on any atom is 0.264 e. The van der Waals surface area contributed by atoms with E-state index >= 15 is 0 Å². The van der Waals surface area contributed by atoms with Crippen LogP contribution in [0.1, 0.15) is 50.4 Å². The third kappa shape index (κ3) is 3.79. The molecule has 5 heteroatoms. The molecule has 4 nitrogen and oxygen atoms in total. The molecule has 0 aromatic carbocycles. The Morgan fingerprint density at radius 2 is 2.22 bits per heavy atom. The standard InChI is InChI=1S/C18H22N2O2S/c1-12-9-13(2)19-14(10-12)11-20(3)18(21)17-7-6-16(23-17)15-5-4-8-22-15/h6-7,9-10,15H,4-5,8,11H2,1-3H3/t15-/m0/s1. The van der Waals surface area contributed by atoms with Crippen LogP contribution in [-0.2, 0) is 11.3 Å². The smallest absolute Gasteiger partial charge is 0.264 e. The molecule has 3 rings (SSSR count). The lowest BCUT2D eigenvalue weighted by atomic mass is 10.2. The summed E-state index contributed by atoms with van der Waals surface area (Å²) in [5.41, 5.74) is 3.08. The zero-order valence-electron chi connectivity index (χ0n) is 13.8. The minimum absolute atomic E-state index is 0.0419. The highest BCUT2D eigenvalue weighted by Crippen LogP contribution is 2.33. The number of ether oxygens (including phenoxy) is 1. The minimum atomic E-state index is 0.0419. The molecule has 23 heavy (non-hydrogen) atoms. The number of rotatable bonds is 4. The van der Waals surface area contributed by atoms with E-state index in [1.807, 2.05) is 45.2 Å². The minimum Gasteiger partial charge on any atom is -0.373 e. The molecule has 0 radical (unpaired) electrons. The molecule has 3 heterocycles. The molecule has 0 aliphatic carbocycles. The first-order valence-corrected chi connectivity index (χ1v) is 8.75. The van der Waals surface area contributed by atoms with Crippen molar-refractivity contribution < 1.29 is 9.53 Å². The number of nitrogens with zero attached hydrogens (tertiary/aromatic N) is 2. The molecule has 0 bridgehead atoms. The highest BCUT2D eigenvalue weighted by atomic mass is 32.1. The highest BCUT2D eigenvalue weighted by molar-refractivity contribution is 7.14. The van der Waals surface area contributed by atoms with E-state index in [9.17, 15) is 4.79 Å². The molecular weight excluding hydrogens is 308 g/mol. The fourth-order valence-electron chi connectivity index (χ4n) is 2.95. The predicted molar refractivity (Wildman–Crippen MR) is 91.8 cm³/mol. The van der Waals surface area contributed by atoms with Gasteiger partial charge in [-0.1, -0.05) is 0 Å². The van der Waals surface area contributed by atoms with Crippen molar-refractivity contribution in [1.29, 1.82) is 0 Å². The summed E-state index contributed by atoms with van der Waals surface area (Å²) in [4.78, 5) is 20.8. The van der Waals surface area contributed by atoms with Crippen molar-refractivity contribution in [2.24, 2.45) is 0 Å². The summed E-state index contributed by atoms with van der Waals surface area (Å²) in [5, 5.41) is 0. The zero-order valence-corrected chi connectivity index (χ0v) is 14.7. The van der Waals surface area contributed by atoms with Gasteiger partial charge < -0.3 is 9.64 Å². The summed E-state index contributed by atoms with van der Waals surface area (Å²) >= 11 is 1.55. The Balaban J connectivity index is 1.69. The fourth-order valence-corrected chi connectivity index (χ4v) is 4.04. The normalized spacial score (nSPS) is 17.4. The zero-order chi connectivity index (χ0) is 16.4. The quantitative estimate of drug-likeness (QED) is 0.854. The molecule has 2 aromatic rings. The van der Waals surface area contributed by atoms with E-state index in [4.69, 9.17) is 4.74 Å². The van der Waals surface area contributed by atoms with Crippen molar-refractivity contribution in [3.63, 3.8) is 0 Å². The number of aryl methyl sites for hydroxylation is 2.